The fourth-order valence-corrected chi connectivity index (χ4v) is 2.19. The van der Waals surface area contributed by atoms with Crippen molar-refractivity contribution in [2.75, 3.05) is 7.11 Å². The molecule has 2 aromatic rings. The summed E-state index contributed by atoms with van der Waals surface area (Å²) in [5, 5.41) is 3.31. The Morgan fingerprint density at radius 2 is 1.90 bits per heavy atom. The summed E-state index contributed by atoms with van der Waals surface area (Å²) in [6.07, 6.45) is 0. The standard InChI is InChI=1S/C17H19F2NO/c1-11-8-15(18)6-4-14(11)10-20-12(2)13-5-7-17(21-3)16(19)9-13/h4-9,12,20H,10H2,1-3H3. The minimum Gasteiger partial charge on any atom is -0.494 e. The summed E-state index contributed by atoms with van der Waals surface area (Å²) in [5.74, 6) is -0.372. The summed E-state index contributed by atoms with van der Waals surface area (Å²) >= 11 is 0. The average molecular weight is 291 g/mol. The summed E-state index contributed by atoms with van der Waals surface area (Å²) in [4.78, 5) is 0. The van der Waals surface area contributed by atoms with Gasteiger partial charge < -0.3 is 10.1 Å². The zero-order chi connectivity index (χ0) is 15.4. The van der Waals surface area contributed by atoms with Gasteiger partial charge in [-0.2, -0.15) is 0 Å². The molecule has 0 radical (unpaired) electrons. The fraction of sp³-hybridized carbons (Fsp3) is 0.294. The molecule has 112 valence electrons. The highest BCUT2D eigenvalue weighted by molar-refractivity contribution is 5.31. The molecule has 2 aromatic carbocycles. The summed E-state index contributed by atoms with van der Waals surface area (Å²) < 4.78 is 31.6. The predicted octanol–water partition coefficient (Wildman–Crippen LogP) is 4.13. The molecule has 2 nitrogen and oxygen atoms in total. The maximum absolute atomic E-state index is 13.7. The maximum atomic E-state index is 13.7. The number of nitrogens with one attached hydrogen (secondary N) is 1. The van der Waals surface area contributed by atoms with Crippen molar-refractivity contribution in [3.05, 3.63) is 64.7 Å². The number of hydrogen-bond acceptors (Lipinski definition) is 2. The summed E-state index contributed by atoms with van der Waals surface area (Å²) in [5.41, 5.74) is 2.76. The summed E-state index contributed by atoms with van der Waals surface area (Å²) in [6.45, 7) is 4.43. The van der Waals surface area contributed by atoms with Crippen molar-refractivity contribution in [1.82, 2.24) is 5.32 Å². The Morgan fingerprint density at radius 3 is 2.52 bits per heavy atom. The zero-order valence-electron chi connectivity index (χ0n) is 12.4. The molecule has 4 heteroatoms. The quantitative estimate of drug-likeness (QED) is 0.894. The second-order valence-corrected chi connectivity index (χ2v) is 5.07. The van der Waals surface area contributed by atoms with E-state index in [0.717, 1.165) is 16.7 Å². The highest BCUT2D eigenvalue weighted by atomic mass is 19.1. The maximum Gasteiger partial charge on any atom is 0.165 e. The normalized spacial score (nSPS) is 12.2. The van der Waals surface area contributed by atoms with Crippen LogP contribution in [-0.4, -0.2) is 7.11 Å². The smallest absolute Gasteiger partial charge is 0.165 e. The Kier molecular flexibility index (Phi) is 4.91. The van der Waals surface area contributed by atoms with Crippen LogP contribution in [0.4, 0.5) is 8.78 Å². The third-order valence-electron chi connectivity index (χ3n) is 3.58. The van der Waals surface area contributed by atoms with Gasteiger partial charge in [0, 0.05) is 12.6 Å². The molecule has 0 aliphatic carbocycles. The summed E-state index contributed by atoms with van der Waals surface area (Å²) in [7, 11) is 1.44. The van der Waals surface area contributed by atoms with Crippen LogP contribution in [0.1, 0.15) is 29.7 Å². The van der Waals surface area contributed by atoms with Crippen molar-refractivity contribution >= 4 is 0 Å². The second-order valence-electron chi connectivity index (χ2n) is 5.07. The van der Waals surface area contributed by atoms with Crippen LogP contribution >= 0.6 is 0 Å². The fourth-order valence-electron chi connectivity index (χ4n) is 2.19. The SMILES string of the molecule is COc1ccc(C(C)NCc2ccc(F)cc2C)cc1F. The van der Waals surface area contributed by atoms with Gasteiger partial charge in [-0.25, -0.2) is 8.78 Å². The molecule has 1 N–H and O–H groups in total. The van der Waals surface area contributed by atoms with Gasteiger partial charge in [-0.3, -0.25) is 0 Å². The van der Waals surface area contributed by atoms with E-state index < -0.39 is 0 Å². The molecular weight excluding hydrogens is 272 g/mol. The van der Waals surface area contributed by atoms with Crippen LogP contribution in [0.3, 0.4) is 0 Å². The molecule has 0 aliphatic heterocycles. The number of hydrogen-bond donors (Lipinski definition) is 1. The van der Waals surface area contributed by atoms with Crippen molar-refractivity contribution in [3.63, 3.8) is 0 Å². The van der Waals surface area contributed by atoms with Gasteiger partial charge in [-0.05, 0) is 54.8 Å². The van der Waals surface area contributed by atoms with E-state index >= 15 is 0 Å². The monoisotopic (exact) mass is 291 g/mol. The molecule has 21 heavy (non-hydrogen) atoms. The molecule has 0 saturated carbocycles. The van der Waals surface area contributed by atoms with Crippen LogP contribution in [0.25, 0.3) is 0 Å². The second kappa shape index (κ2) is 6.68. The third-order valence-corrected chi connectivity index (χ3v) is 3.58. The third kappa shape index (κ3) is 3.79. The van der Waals surface area contributed by atoms with Gasteiger partial charge in [0.15, 0.2) is 11.6 Å². The minimum atomic E-state index is -0.374. The van der Waals surface area contributed by atoms with Crippen molar-refractivity contribution < 1.29 is 13.5 Å². The molecule has 0 saturated heterocycles. The molecule has 0 aliphatic rings. The molecule has 0 aromatic heterocycles. The number of halogens is 2. The average Bonchev–Trinajstić information content (AvgIpc) is 2.46. The molecule has 0 bridgehead atoms. The Balaban J connectivity index is 2.04. The first-order chi connectivity index (χ1) is 10.0. The van der Waals surface area contributed by atoms with E-state index in [1.165, 1.54) is 25.3 Å². The van der Waals surface area contributed by atoms with Crippen LogP contribution in [0.2, 0.25) is 0 Å². The van der Waals surface area contributed by atoms with Crippen molar-refractivity contribution in [3.8, 4) is 5.75 Å². The highest BCUT2D eigenvalue weighted by Gasteiger charge is 2.10. The predicted molar refractivity (Wildman–Crippen MR) is 79.3 cm³/mol. The van der Waals surface area contributed by atoms with Gasteiger partial charge in [0.05, 0.1) is 7.11 Å². The molecule has 0 amide bonds. The Bertz CT molecular complexity index is 628. The lowest BCUT2D eigenvalue weighted by Gasteiger charge is -2.16. The zero-order valence-corrected chi connectivity index (χ0v) is 12.4. The molecule has 1 unspecified atom stereocenters. The van der Waals surface area contributed by atoms with Crippen LogP contribution < -0.4 is 10.1 Å². The first-order valence-corrected chi connectivity index (χ1v) is 6.83. The lowest BCUT2D eigenvalue weighted by Crippen LogP contribution is -2.18. The Hall–Kier alpha value is -1.94. The van der Waals surface area contributed by atoms with Gasteiger partial charge in [0.2, 0.25) is 0 Å². The Morgan fingerprint density at radius 1 is 1.14 bits per heavy atom. The van der Waals surface area contributed by atoms with Gasteiger partial charge in [-0.1, -0.05) is 12.1 Å². The van der Waals surface area contributed by atoms with E-state index in [1.807, 2.05) is 19.9 Å². The van der Waals surface area contributed by atoms with E-state index in [2.05, 4.69) is 5.32 Å². The van der Waals surface area contributed by atoms with Crippen LogP contribution in [0.5, 0.6) is 5.75 Å². The number of methoxy groups -OCH3 is 1. The number of benzene rings is 2. The van der Waals surface area contributed by atoms with E-state index in [0.29, 0.717) is 6.54 Å². The first kappa shape index (κ1) is 15.4. The van der Waals surface area contributed by atoms with E-state index in [1.54, 1.807) is 12.1 Å². The van der Waals surface area contributed by atoms with Gasteiger partial charge in [-0.15, -0.1) is 0 Å². The highest BCUT2D eigenvalue weighted by Crippen LogP contribution is 2.22. The lowest BCUT2D eigenvalue weighted by molar-refractivity contribution is 0.385. The van der Waals surface area contributed by atoms with Gasteiger partial charge in [0.1, 0.15) is 5.82 Å². The van der Waals surface area contributed by atoms with Crippen molar-refractivity contribution in [1.29, 1.82) is 0 Å². The number of ether oxygens (including phenoxy) is 1. The summed E-state index contributed by atoms with van der Waals surface area (Å²) in [6, 6.07) is 9.61. The minimum absolute atomic E-state index is 0.0186. The van der Waals surface area contributed by atoms with Crippen LogP contribution in [0.15, 0.2) is 36.4 Å². The Labute approximate surface area is 123 Å². The van der Waals surface area contributed by atoms with Gasteiger partial charge >= 0.3 is 0 Å². The van der Waals surface area contributed by atoms with E-state index in [9.17, 15) is 8.78 Å². The lowest BCUT2D eigenvalue weighted by atomic mass is 10.1. The molecule has 0 spiro atoms. The number of rotatable bonds is 5. The van der Waals surface area contributed by atoms with Crippen LogP contribution in [-0.2, 0) is 6.54 Å². The molecule has 2 rings (SSSR count). The molecule has 1 atom stereocenters. The van der Waals surface area contributed by atoms with E-state index in [4.69, 9.17) is 4.74 Å². The van der Waals surface area contributed by atoms with Gasteiger partial charge in [0.25, 0.3) is 0 Å². The molecule has 0 fully saturated rings. The largest absolute Gasteiger partial charge is 0.494 e. The molecule has 0 heterocycles. The van der Waals surface area contributed by atoms with Crippen molar-refractivity contribution in [2.24, 2.45) is 0 Å². The topological polar surface area (TPSA) is 21.3 Å². The van der Waals surface area contributed by atoms with Crippen LogP contribution in [0, 0.1) is 18.6 Å². The van der Waals surface area contributed by atoms with Crippen molar-refractivity contribution in [2.45, 2.75) is 26.4 Å². The number of aryl methyl sites for hydroxylation is 1. The van der Waals surface area contributed by atoms with E-state index in [-0.39, 0.29) is 23.4 Å². The first-order valence-electron chi connectivity index (χ1n) is 6.83. The molecular formula is C17H19F2NO.